The first-order valence-corrected chi connectivity index (χ1v) is 9.77. The molecule has 6 nitrogen and oxygen atoms in total. The van der Waals surface area contributed by atoms with E-state index in [1.54, 1.807) is 30.8 Å². The van der Waals surface area contributed by atoms with Crippen LogP contribution in [0.5, 0.6) is 0 Å². The van der Waals surface area contributed by atoms with Crippen LogP contribution in [0.2, 0.25) is 5.02 Å². The number of aryl methyl sites for hydroxylation is 1. The monoisotopic (exact) mass is 394 g/mol. The molecule has 1 N–H and O–H groups in total. The number of anilines is 1. The highest BCUT2D eigenvalue weighted by Gasteiger charge is 2.24. The quantitative estimate of drug-likeness (QED) is 0.472. The highest BCUT2D eigenvalue weighted by Crippen LogP contribution is 2.32. The number of aromatic nitrogens is 3. The highest BCUT2D eigenvalue weighted by atomic mass is 35.5. The smallest absolute Gasteiger partial charge is 0.263 e. The fourth-order valence-corrected chi connectivity index (χ4v) is 4.04. The van der Waals surface area contributed by atoms with E-state index in [1.165, 1.54) is 11.3 Å². The molecular formula is C16H15ClN4O2S2. The van der Waals surface area contributed by atoms with Crippen molar-refractivity contribution in [2.24, 2.45) is 0 Å². The minimum atomic E-state index is -0.350. The number of carbonyl (C=O) groups excluding carboxylic acids is 1. The lowest BCUT2D eigenvalue weighted by molar-refractivity contribution is 0.102. The molecule has 0 aliphatic rings. The van der Waals surface area contributed by atoms with E-state index in [2.05, 4.69) is 27.6 Å². The molecule has 0 fully saturated rings. The van der Waals surface area contributed by atoms with E-state index >= 15 is 0 Å². The standard InChI is InChI=1S/C16H15ClN4O2S2/c1-3-8-24-16-20-19-15(25-16)18-14(22)12-9(2)23-21-13(12)10-6-4-5-7-11(10)17/h4-7H,3,8H2,1-2H3,(H,18,19,22). The summed E-state index contributed by atoms with van der Waals surface area (Å²) in [6.45, 7) is 3.78. The third kappa shape index (κ3) is 4.02. The first kappa shape index (κ1) is 17.9. The molecule has 0 unspecified atom stereocenters. The number of nitrogens with zero attached hydrogens (tertiary/aromatic N) is 3. The van der Waals surface area contributed by atoms with Gasteiger partial charge in [0, 0.05) is 11.3 Å². The Bertz CT molecular complexity index is 894. The summed E-state index contributed by atoms with van der Waals surface area (Å²) in [7, 11) is 0. The van der Waals surface area contributed by atoms with Gasteiger partial charge in [-0.05, 0) is 19.4 Å². The van der Waals surface area contributed by atoms with E-state index in [0.29, 0.717) is 32.7 Å². The van der Waals surface area contributed by atoms with Gasteiger partial charge in [0.15, 0.2) is 4.34 Å². The molecule has 1 amide bonds. The average molecular weight is 395 g/mol. The molecule has 0 atom stereocenters. The van der Waals surface area contributed by atoms with Crippen LogP contribution >= 0.6 is 34.7 Å². The van der Waals surface area contributed by atoms with Gasteiger partial charge in [0.2, 0.25) is 5.13 Å². The number of hydrogen-bond donors (Lipinski definition) is 1. The van der Waals surface area contributed by atoms with Gasteiger partial charge in [0.25, 0.3) is 5.91 Å². The predicted octanol–water partition coefficient (Wildman–Crippen LogP) is 4.91. The molecule has 130 valence electrons. The van der Waals surface area contributed by atoms with Gasteiger partial charge >= 0.3 is 0 Å². The Morgan fingerprint density at radius 1 is 1.36 bits per heavy atom. The van der Waals surface area contributed by atoms with Crippen molar-refractivity contribution >= 4 is 45.7 Å². The van der Waals surface area contributed by atoms with Crippen molar-refractivity contribution in [2.75, 3.05) is 11.1 Å². The normalized spacial score (nSPS) is 10.8. The molecular weight excluding hydrogens is 380 g/mol. The summed E-state index contributed by atoms with van der Waals surface area (Å²) >= 11 is 9.18. The number of halogens is 1. The molecule has 25 heavy (non-hydrogen) atoms. The molecule has 0 aliphatic heterocycles. The van der Waals surface area contributed by atoms with Gasteiger partial charge in [0.1, 0.15) is 17.0 Å². The van der Waals surface area contributed by atoms with Gasteiger partial charge < -0.3 is 4.52 Å². The molecule has 1 aromatic carbocycles. The summed E-state index contributed by atoms with van der Waals surface area (Å²) in [6.07, 6.45) is 1.05. The summed E-state index contributed by atoms with van der Waals surface area (Å²) in [6, 6.07) is 7.18. The van der Waals surface area contributed by atoms with Crippen LogP contribution in [0.25, 0.3) is 11.3 Å². The summed E-state index contributed by atoms with van der Waals surface area (Å²) in [5, 5.41) is 15.8. The van der Waals surface area contributed by atoms with Crippen molar-refractivity contribution in [3.05, 3.63) is 40.6 Å². The van der Waals surface area contributed by atoms with Crippen molar-refractivity contribution in [1.29, 1.82) is 0 Å². The SMILES string of the molecule is CCCSc1nnc(NC(=O)c2c(-c3ccccc3Cl)noc2C)s1. The first-order chi connectivity index (χ1) is 12.1. The van der Waals surface area contributed by atoms with E-state index in [-0.39, 0.29) is 5.91 Å². The van der Waals surface area contributed by atoms with Crippen LogP contribution in [0, 0.1) is 6.92 Å². The number of nitrogens with one attached hydrogen (secondary N) is 1. The maximum absolute atomic E-state index is 12.7. The summed E-state index contributed by atoms with van der Waals surface area (Å²) < 4.78 is 6.04. The fourth-order valence-electron chi connectivity index (χ4n) is 2.14. The van der Waals surface area contributed by atoms with E-state index in [4.69, 9.17) is 16.1 Å². The lowest BCUT2D eigenvalue weighted by Gasteiger charge is -2.04. The zero-order valence-corrected chi connectivity index (χ0v) is 16.0. The topological polar surface area (TPSA) is 80.9 Å². The van der Waals surface area contributed by atoms with Crippen LogP contribution in [0.4, 0.5) is 5.13 Å². The molecule has 0 spiro atoms. The number of thioether (sulfide) groups is 1. The fraction of sp³-hybridized carbons (Fsp3) is 0.250. The zero-order chi connectivity index (χ0) is 17.8. The van der Waals surface area contributed by atoms with Crippen LogP contribution in [-0.2, 0) is 0 Å². The molecule has 0 aliphatic carbocycles. The second-order valence-corrected chi connectivity index (χ2v) is 7.84. The molecule has 0 saturated heterocycles. The summed E-state index contributed by atoms with van der Waals surface area (Å²) in [4.78, 5) is 12.7. The predicted molar refractivity (Wildman–Crippen MR) is 101 cm³/mol. The molecule has 3 rings (SSSR count). The largest absolute Gasteiger partial charge is 0.360 e. The van der Waals surface area contributed by atoms with E-state index in [0.717, 1.165) is 16.5 Å². The third-order valence-corrected chi connectivity index (χ3v) is 5.78. The Kier molecular flexibility index (Phi) is 5.72. The van der Waals surface area contributed by atoms with Gasteiger partial charge in [0.05, 0.1) is 5.02 Å². The van der Waals surface area contributed by atoms with Gasteiger partial charge in [-0.15, -0.1) is 10.2 Å². The number of amides is 1. The van der Waals surface area contributed by atoms with Gasteiger partial charge in [-0.2, -0.15) is 0 Å². The molecule has 2 heterocycles. The van der Waals surface area contributed by atoms with Crippen LogP contribution < -0.4 is 5.32 Å². The molecule has 0 saturated carbocycles. The lowest BCUT2D eigenvalue weighted by atomic mass is 10.1. The Hall–Kier alpha value is -1.90. The molecule has 3 aromatic rings. The van der Waals surface area contributed by atoms with Crippen LogP contribution in [0.3, 0.4) is 0 Å². The Balaban J connectivity index is 1.85. The maximum Gasteiger partial charge on any atom is 0.263 e. The van der Waals surface area contributed by atoms with E-state index in [9.17, 15) is 4.79 Å². The molecule has 0 bridgehead atoms. The highest BCUT2D eigenvalue weighted by molar-refractivity contribution is 8.01. The number of hydrogen-bond acceptors (Lipinski definition) is 7. The minimum absolute atomic E-state index is 0.339. The Labute approximate surface area is 158 Å². The van der Waals surface area contributed by atoms with Gasteiger partial charge in [-0.3, -0.25) is 10.1 Å². The van der Waals surface area contributed by atoms with Crippen LogP contribution in [0.15, 0.2) is 33.1 Å². The summed E-state index contributed by atoms with van der Waals surface area (Å²) in [5.74, 6) is 1.03. The van der Waals surface area contributed by atoms with Crippen molar-refractivity contribution in [1.82, 2.24) is 15.4 Å². The number of rotatable bonds is 6. The minimum Gasteiger partial charge on any atom is -0.360 e. The molecule has 0 radical (unpaired) electrons. The van der Waals surface area contributed by atoms with Crippen LogP contribution in [0.1, 0.15) is 29.5 Å². The third-order valence-electron chi connectivity index (χ3n) is 3.28. The zero-order valence-electron chi connectivity index (χ0n) is 13.6. The number of benzene rings is 1. The Morgan fingerprint density at radius 2 is 2.16 bits per heavy atom. The van der Waals surface area contributed by atoms with Gasteiger partial charge in [-0.1, -0.05) is 65.0 Å². The second-order valence-electron chi connectivity index (χ2n) is 5.12. The van der Waals surface area contributed by atoms with Crippen molar-refractivity contribution < 1.29 is 9.32 Å². The lowest BCUT2D eigenvalue weighted by Crippen LogP contribution is -2.13. The van der Waals surface area contributed by atoms with Crippen LogP contribution in [-0.4, -0.2) is 27.0 Å². The van der Waals surface area contributed by atoms with Crippen molar-refractivity contribution in [3.8, 4) is 11.3 Å². The first-order valence-electron chi connectivity index (χ1n) is 7.59. The maximum atomic E-state index is 12.7. The van der Waals surface area contributed by atoms with Gasteiger partial charge in [-0.25, -0.2) is 0 Å². The number of carbonyl (C=O) groups is 1. The second kappa shape index (κ2) is 7.99. The molecule has 9 heteroatoms. The summed E-state index contributed by atoms with van der Waals surface area (Å²) in [5.41, 5.74) is 1.39. The molecule has 2 aromatic heterocycles. The van der Waals surface area contributed by atoms with E-state index < -0.39 is 0 Å². The van der Waals surface area contributed by atoms with Crippen molar-refractivity contribution in [2.45, 2.75) is 24.6 Å². The average Bonchev–Trinajstić information content (AvgIpc) is 3.20. The Morgan fingerprint density at radius 3 is 2.92 bits per heavy atom. The van der Waals surface area contributed by atoms with E-state index in [1.807, 2.05) is 12.1 Å². The van der Waals surface area contributed by atoms with Crippen molar-refractivity contribution in [3.63, 3.8) is 0 Å².